The molecule has 0 aliphatic carbocycles. The fourth-order valence-corrected chi connectivity index (χ4v) is 2.01. The second kappa shape index (κ2) is 7.98. The Bertz CT molecular complexity index is 473. The number of aliphatic hydroxyl groups excluding tert-OH is 1. The first-order valence-corrected chi connectivity index (χ1v) is 7.04. The van der Waals surface area contributed by atoms with E-state index in [0.29, 0.717) is 0 Å². The summed E-state index contributed by atoms with van der Waals surface area (Å²) in [5.74, 6) is 0.0908. The van der Waals surface area contributed by atoms with Crippen molar-refractivity contribution in [2.24, 2.45) is 5.92 Å². The third-order valence-electron chi connectivity index (χ3n) is 3.38. The Kier molecular flexibility index (Phi) is 6.61. The zero-order chi connectivity index (χ0) is 16.8. The molecule has 22 heavy (non-hydrogen) atoms. The molecule has 5 nitrogen and oxygen atoms in total. The molecule has 0 aromatic carbocycles. The molecule has 0 saturated heterocycles. The monoisotopic (exact) mass is 319 g/mol. The molecule has 124 valence electrons. The lowest BCUT2D eigenvalue weighted by Crippen LogP contribution is -2.38. The number of hydrogen-bond acceptors (Lipinski definition) is 3. The Morgan fingerprint density at radius 2 is 1.95 bits per heavy atom. The van der Waals surface area contributed by atoms with Gasteiger partial charge < -0.3 is 15.7 Å². The zero-order valence-corrected chi connectivity index (χ0v) is 12.4. The first-order valence-electron chi connectivity index (χ1n) is 7.04. The standard InChI is InChI=1S/C14H20F3N3O2/c1-3-9(4-2)11(21)8-19-13(22)20-10-5-6-12(18-7-10)14(15,16)17/h5-7,9,11,21H,3-4,8H2,1-2H3,(H2,19,20,22). The molecule has 0 bridgehead atoms. The average Bonchev–Trinajstić information content (AvgIpc) is 2.46. The van der Waals surface area contributed by atoms with Gasteiger partial charge in [-0.1, -0.05) is 26.7 Å². The molecule has 1 aromatic heterocycles. The maximum absolute atomic E-state index is 12.3. The minimum absolute atomic E-state index is 0.0756. The van der Waals surface area contributed by atoms with Gasteiger partial charge in [0.2, 0.25) is 0 Å². The van der Waals surface area contributed by atoms with Crippen LogP contribution >= 0.6 is 0 Å². The summed E-state index contributed by atoms with van der Waals surface area (Å²) >= 11 is 0. The largest absolute Gasteiger partial charge is 0.433 e. The molecule has 0 aliphatic heterocycles. The number of rotatable bonds is 6. The second-order valence-electron chi connectivity index (χ2n) is 4.91. The average molecular weight is 319 g/mol. The molecule has 0 fully saturated rings. The maximum Gasteiger partial charge on any atom is 0.433 e. The van der Waals surface area contributed by atoms with Gasteiger partial charge in [-0.25, -0.2) is 9.78 Å². The zero-order valence-electron chi connectivity index (χ0n) is 12.4. The summed E-state index contributed by atoms with van der Waals surface area (Å²) in [6.45, 7) is 3.98. The molecule has 3 N–H and O–H groups in total. The van der Waals surface area contributed by atoms with Crippen molar-refractivity contribution < 1.29 is 23.1 Å². The van der Waals surface area contributed by atoms with E-state index in [0.717, 1.165) is 31.2 Å². The van der Waals surface area contributed by atoms with Crippen LogP contribution in [0.5, 0.6) is 0 Å². The maximum atomic E-state index is 12.3. The number of alkyl halides is 3. The molecule has 8 heteroatoms. The number of hydrogen-bond donors (Lipinski definition) is 3. The molecule has 1 aromatic rings. The van der Waals surface area contributed by atoms with Crippen LogP contribution in [-0.2, 0) is 6.18 Å². The lowest BCUT2D eigenvalue weighted by molar-refractivity contribution is -0.141. The fraction of sp³-hybridized carbons (Fsp3) is 0.571. The summed E-state index contributed by atoms with van der Waals surface area (Å²) in [6, 6.07) is 1.30. The van der Waals surface area contributed by atoms with Gasteiger partial charge in [0.15, 0.2) is 0 Å². The van der Waals surface area contributed by atoms with Crippen LogP contribution in [0.2, 0.25) is 0 Å². The summed E-state index contributed by atoms with van der Waals surface area (Å²) in [5.41, 5.74) is -0.884. The van der Waals surface area contributed by atoms with Gasteiger partial charge in [-0.2, -0.15) is 13.2 Å². The molecule has 0 spiro atoms. The number of amides is 2. The Morgan fingerprint density at radius 1 is 1.32 bits per heavy atom. The number of anilines is 1. The SMILES string of the molecule is CCC(CC)C(O)CNC(=O)Nc1ccc(C(F)(F)F)nc1. The first kappa shape index (κ1) is 18.2. The van der Waals surface area contributed by atoms with E-state index >= 15 is 0 Å². The van der Waals surface area contributed by atoms with Gasteiger partial charge in [-0.15, -0.1) is 0 Å². The van der Waals surface area contributed by atoms with E-state index in [9.17, 15) is 23.1 Å². The third-order valence-corrected chi connectivity index (χ3v) is 3.38. The van der Waals surface area contributed by atoms with Crippen LogP contribution in [0, 0.1) is 5.92 Å². The Morgan fingerprint density at radius 3 is 2.41 bits per heavy atom. The van der Waals surface area contributed by atoms with Crippen LogP contribution in [0.3, 0.4) is 0 Å². The Labute approximate surface area is 126 Å². The van der Waals surface area contributed by atoms with E-state index in [2.05, 4.69) is 15.6 Å². The molecule has 0 radical (unpaired) electrons. The van der Waals surface area contributed by atoms with Gasteiger partial charge >= 0.3 is 12.2 Å². The number of nitrogens with one attached hydrogen (secondary N) is 2. The van der Waals surface area contributed by atoms with Crippen molar-refractivity contribution in [3.05, 3.63) is 24.0 Å². The van der Waals surface area contributed by atoms with E-state index in [-0.39, 0.29) is 18.2 Å². The number of urea groups is 1. The molecule has 1 unspecified atom stereocenters. The number of halogens is 3. The van der Waals surface area contributed by atoms with Crippen LogP contribution in [-0.4, -0.2) is 28.8 Å². The van der Waals surface area contributed by atoms with Crippen molar-refractivity contribution >= 4 is 11.7 Å². The highest BCUT2D eigenvalue weighted by molar-refractivity contribution is 5.88. The Balaban J connectivity index is 2.48. The van der Waals surface area contributed by atoms with Crippen molar-refractivity contribution in [1.82, 2.24) is 10.3 Å². The summed E-state index contributed by atoms with van der Waals surface area (Å²) < 4.78 is 37.0. The normalized spacial score (nSPS) is 13.0. The van der Waals surface area contributed by atoms with Crippen LogP contribution < -0.4 is 10.6 Å². The van der Waals surface area contributed by atoms with Crippen LogP contribution in [0.1, 0.15) is 32.4 Å². The fourth-order valence-electron chi connectivity index (χ4n) is 2.01. The molecular weight excluding hydrogens is 299 g/mol. The second-order valence-corrected chi connectivity index (χ2v) is 4.91. The van der Waals surface area contributed by atoms with E-state index in [1.54, 1.807) is 0 Å². The number of pyridine rings is 1. The smallest absolute Gasteiger partial charge is 0.391 e. The topological polar surface area (TPSA) is 74.2 Å². The molecule has 2 amide bonds. The van der Waals surface area contributed by atoms with Crippen LogP contribution in [0.25, 0.3) is 0 Å². The highest BCUT2D eigenvalue weighted by Crippen LogP contribution is 2.27. The molecule has 0 saturated carbocycles. The van der Waals surface area contributed by atoms with Crippen molar-refractivity contribution in [3.63, 3.8) is 0 Å². The summed E-state index contributed by atoms with van der Waals surface area (Å²) in [6.07, 6.45) is -2.65. The van der Waals surface area contributed by atoms with Crippen LogP contribution in [0.4, 0.5) is 23.7 Å². The third kappa shape index (κ3) is 5.51. The number of aliphatic hydroxyl groups is 1. The van der Waals surface area contributed by atoms with Crippen molar-refractivity contribution in [1.29, 1.82) is 0 Å². The predicted molar refractivity (Wildman–Crippen MR) is 76.3 cm³/mol. The number of carbonyl (C=O) groups is 1. The van der Waals surface area contributed by atoms with Crippen molar-refractivity contribution in [2.75, 3.05) is 11.9 Å². The van der Waals surface area contributed by atoms with Gasteiger partial charge in [-0.3, -0.25) is 0 Å². The quantitative estimate of drug-likeness (QED) is 0.754. The lowest BCUT2D eigenvalue weighted by atomic mass is 9.97. The molecule has 1 heterocycles. The predicted octanol–water partition coefficient (Wildman–Crippen LogP) is 3.02. The summed E-state index contributed by atoms with van der Waals surface area (Å²) in [7, 11) is 0. The molecule has 0 aliphatic rings. The Hall–Kier alpha value is -1.83. The van der Waals surface area contributed by atoms with Gasteiger partial charge in [0.25, 0.3) is 0 Å². The molecule has 1 atom stereocenters. The van der Waals surface area contributed by atoms with Crippen molar-refractivity contribution in [3.8, 4) is 0 Å². The van der Waals surface area contributed by atoms with Gasteiger partial charge in [0.05, 0.1) is 18.0 Å². The van der Waals surface area contributed by atoms with Gasteiger partial charge in [0, 0.05) is 6.54 Å². The van der Waals surface area contributed by atoms with E-state index in [1.165, 1.54) is 0 Å². The molecular formula is C14H20F3N3O2. The highest BCUT2D eigenvalue weighted by atomic mass is 19.4. The number of aromatic nitrogens is 1. The minimum Gasteiger partial charge on any atom is -0.391 e. The molecule has 1 rings (SSSR count). The first-order chi connectivity index (χ1) is 10.3. The summed E-state index contributed by atoms with van der Waals surface area (Å²) in [4.78, 5) is 14.9. The minimum atomic E-state index is -4.51. The number of carbonyl (C=O) groups excluding carboxylic acids is 1. The lowest BCUT2D eigenvalue weighted by Gasteiger charge is -2.20. The number of nitrogens with zero attached hydrogens (tertiary/aromatic N) is 1. The van der Waals surface area contributed by atoms with E-state index in [1.807, 2.05) is 13.8 Å². The van der Waals surface area contributed by atoms with E-state index < -0.39 is 24.0 Å². The highest BCUT2D eigenvalue weighted by Gasteiger charge is 2.32. The van der Waals surface area contributed by atoms with Gasteiger partial charge in [-0.05, 0) is 18.1 Å². The summed E-state index contributed by atoms with van der Waals surface area (Å²) in [5, 5.41) is 14.7. The van der Waals surface area contributed by atoms with Crippen molar-refractivity contribution in [2.45, 2.75) is 39.0 Å². The van der Waals surface area contributed by atoms with E-state index in [4.69, 9.17) is 0 Å². The van der Waals surface area contributed by atoms with Gasteiger partial charge in [0.1, 0.15) is 5.69 Å². The van der Waals surface area contributed by atoms with Crippen LogP contribution in [0.15, 0.2) is 18.3 Å².